The summed E-state index contributed by atoms with van der Waals surface area (Å²) in [5.74, 6) is -0.427. The highest BCUT2D eigenvalue weighted by Gasteiger charge is 2.15. The zero-order chi connectivity index (χ0) is 13.1. The maximum absolute atomic E-state index is 11.4. The van der Waals surface area contributed by atoms with Gasteiger partial charge in [0.15, 0.2) is 10.8 Å². The topological polar surface area (TPSA) is 64.1 Å². The first-order valence-corrected chi connectivity index (χ1v) is 6.64. The first kappa shape index (κ1) is 13.0. The number of rotatable bonds is 3. The molecule has 1 N–H and O–H groups in total. The molecule has 0 saturated carbocycles. The van der Waals surface area contributed by atoms with Gasteiger partial charge < -0.3 is 10.1 Å². The van der Waals surface area contributed by atoms with Gasteiger partial charge in [-0.1, -0.05) is 0 Å². The van der Waals surface area contributed by atoms with Crippen LogP contribution in [-0.4, -0.2) is 23.0 Å². The summed E-state index contributed by atoms with van der Waals surface area (Å²) in [4.78, 5) is 20.5. The molecule has 0 aliphatic heterocycles. The first-order valence-electron chi connectivity index (χ1n) is 5.03. The Morgan fingerprint density at radius 1 is 1.50 bits per heavy atom. The summed E-state index contributed by atoms with van der Waals surface area (Å²) < 4.78 is 5.53. The number of thiazole rings is 1. The number of pyridine rings is 1. The number of aromatic nitrogens is 2. The molecule has 5 nitrogen and oxygen atoms in total. The summed E-state index contributed by atoms with van der Waals surface area (Å²) in [6, 6.07) is 1.88. The Morgan fingerprint density at radius 3 is 2.94 bits per heavy atom. The van der Waals surface area contributed by atoms with Gasteiger partial charge in [0.2, 0.25) is 0 Å². The molecule has 0 saturated heterocycles. The van der Waals surface area contributed by atoms with Crippen LogP contribution in [0.5, 0.6) is 0 Å². The highest BCUT2D eigenvalue weighted by molar-refractivity contribution is 9.10. The standard InChI is InChI=1S/C11H10BrN3O2S/c1-6-9(10(16)17-2)15-11(18-6)14-8-3-7(12)4-13-5-8/h3-5H,1-2H3,(H,14,15). The van der Waals surface area contributed by atoms with E-state index in [0.717, 1.165) is 15.0 Å². The van der Waals surface area contributed by atoms with Crippen molar-refractivity contribution < 1.29 is 9.53 Å². The van der Waals surface area contributed by atoms with Crippen molar-refractivity contribution in [1.82, 2.24) is 9.97 Å². The molecule has 0 spiro atoms. The zero-order valence-electron chi connectivity index (χ0n) is 9.73. The number of anilines is 2. The lowest BCUT2D eigenvalue weighted by molar-refractivity contribution is 0.0594. The Morgan fingerprint density at radius 2 is 2.28 bits per heavy atom. The van der Waals surface area contributed by atoms with Gasteiger partial charge in [-0.3, -0.25) is 4.98 Å². The van der Waals surface area contributed by atoms with Crippen LogP contribution in [0.1, 0.15) is 15.4 Å². The van der Waals surface area contributed by atoms with Crippen LogP contribution < -0.4 is 5.32 Å². The predicted molar refractivity (Wildman–Crippen MR) is 73.4 cm³/mol. The number of ether oxygens (including phenoxy) is 1. The van der Waals surface area contributed by atoms with Crippen molar-refractivity contribution in [2.45, 2.75) is 6.92 Å². The van der Waals surface area contributed by atoms with Crippen LogP contribution in [0.4, 0.5) is 10.8 Å². The van der Waals surface area contributed by atoms with Crippen molar-refractivity contribution in [3.05, 3.63) is 33.5 Å². The molecule has 0 unspecified atom stereocenters. The fourth-order valence-corrected chi connectivity index (χ4v) is 2.53. The number of methoxy groups -OCH3 is 1. The molecule has 2 heterocycles. The van der Waals surface area contributed by atoms with Gasteiger partial charge in [0, 0.05) is 15.5 Å². The second-order valence-electron chi connectivity index (χ2n) is 3.43. The summed E-state index contributed by atoms with van der Waals surface area (Å²) in [5, 5.41) is 3.72. The summed E-state index contributed by atoms with van der Waals surface area (Å²) >= 11 is 4.73. The van der Waals surface area contributed by atoms with Crippen LogP contribution in [0.2, 0.25) is 0 Å². The van der Waals surface area contributed by atoms with Gasteiger partial charge in [-0.05, 0) is 28.9 Å². The van der Waals surface area contributed by atoms with E-state index in [4.69, 9.17) is 0 Å². The van der Waals surface area contributed by atoms with E-state index < -0.39 is 5.97 Å². The van der Waals surface area contributed by atoms with E-state index >= 15 is 0 Å². The minimum absolute atomic E-state index is 0.341. The number of hydrogen-bond acceptors (Lipinski definition) is 6. The number of esters is 1. The largest absolute Gasteiger partial charge is 0.464 e. The molecule has 0 amide bonds. The third-order valence-corrected chi connectivity index (χ3v) is 3.45. The van der Waals surface area contributed by atoms with Crippen LogP contribution in [-0.2, 0) is 4.74 Å². The van der Waals surface area contributed by atoms with E-state index in [9.17, 15) is 4.79 Å². The molecule has 0 aliphatic carbocycles. The zero-order valence-corrected chi connectivity index (χ0v) is 12.1. The van der Waals surface area contributed by atoms with E-state index in [-0.39, 0.29) is 0 Å². The van der Waals surface area contributed by atoms with Crippen molar-refractivity contribution in [1.29, 1.82) is 0 Å². The van der Waals surface area contributed by atoms with Crippen molar-refractivity contribution in [3.8, 4) is 0 Å². The van der Waals surface area contributed by atoms with Crippen LogP contribution in [0.15, 0.2) is 22.9 Å². The van der Waals surface area contributed by atoms with Crippen LogP contribution in [0.3, 0.4) is 0 Å². The van der Waals surface area contributed by atoms with Gasteiger partial charge in [-0.25, -0.2) is 9.78 Å². The summed E-state index contributed by atoms with van der Waals surface area (Å²) in [7, 11) is 1.34. The molecule has 2 aromatic rings. The van der Waals surface area contributed by atoms with Crippen molar-refractivity contribution in [2.24, 2.45) is 0 Å². The lowest BCUT2D eigenvalue weighted by Crippen LogP contribution is -2.03. The molecule has 2 rings (SSSR count). The number of halogens is 1. The molecule has 0 atom stereocenters. The second-order valence-corrected chi connectivity index (χ2v) is 5.55. The number of carbonyl (C=O) groups excluding carboxylic acids is 1. The predicted octanol–water partition coefficient (Wildman–Crippen LogP) is 3.14. The fourth-order valence-electron chi connectivity index (χ4n) is 1.34. The third kappa shape index (κ3) is 2.85. The summed E-state index contributed by atoms with van der Waals surface area (Å²) in [5.41, 5.74) is 1.14. The highest BCUT2D eigenvalue weighted by atomic mass is 79.9. The minimum Gasteiger partial charge on any atom is -0.464 e. The first-order chi connectivity index (χ1) is 8.60. The average molecular weight is 328 g/mol. The molecule has 94 valence electrons. The number of nitrogens with zero attached hydrogens (tertiary/aromatic N) is 2. The maximum atomic E-state index is 11.4. The third-order valence-electron chi connectivity index (χ3n) is 2.13. The van der Waals surface area contributed by atoms with Crippen molar-refractivity contribution in [2.75, 3.05) is 12.4 Å². The Bertz CT molecular complexity index is 585. The lowest BCUT2D eigenvalue weighted by Gasteiger charge is -2.01. The van der Waals surface area contributed by atoms with Gasteiger partial charge in [-0.2, -0.15) is 0 Å². The van der Waals surface area contributed by atoms with E-state index in [2.05, 4.69) is 36.0 Å². The Hall–Kier alpha value is -1.47. The Balaban J connectivity index is 2.23. The van der Waals surface area contributed by atoms with Crippen LogP contribution in [0, 0.1) is 6.92 Å². The maximum Gasteiger partial charge on any atom is 0.357 e. The smallest absolute Gasteiger partial charge is 0.357 e. The molecule has 2 aromatic heterocycles. The van der Waals surface area contributed by atoms with Gasteiger partial charge in [0.1, 0.15) is 0 Å². The van der Waals surface area contributed by atoms with Gasteiger partial charge in [0.25, 0.3) is 0 Å². The molecule has 0 fully saturated rings. The molecule has 0 bridgehead atoms. The van der Waals surface area contributed by atoms with Gasteiger partial charge in [-0.15, -0.1) is 11.3 Å². The SMILES string of the molecule is COC(=O)c1nc(Nc2cncc(Br)c2)sc1C. The van der Waals surface area contributed by atoms with Crippen molar-refractivity contribution >= 4 is 44.1 Å². The van der Waals surface area contributed by atoms with Crippen molar-refractivity contribution in [3.63, 3.8) is 0 Å². The minimum atomic E-state index is -0.427. The Kier molecular flexibility index (Phi) is 3.93. The van der Waals surface area contributed by atoms with E-state index in [0.29, 0.717) is 10.8 Å². The molecule has 0 aliphatic rings. The molecular weight excluding hydrogens is 318 g/mol. The quantitative estimate of drug-likeness (QED) is 0.877. The molecule has 0 radical (unpaired) electrons. The lowest BCUT2D eigenvalue weighted by atomic mass is 10.4. The van der Waals surface area contributed by atoms with E-state index in [1.807, 2.05) is 13.0 Å². The van der Waals surface area contributed by atoms with Gasteiger partial charge in [0.05, 0.1) is 19.0 Å². The number of carbonyl (C=O) groups is 1. The summed E-state index contributed by atoms with van der Waals surface area (Å²) in [6.45, 7) is 1.83. The molecule has 18 heavy (non-hydrogen) atoms. The fraction of sp³-hybridized carbons (Fsp3) is 0.182. The van der Waals surface area contributed by atoms with Crippen LogP contribution in [0.25, 0.3) is 0 Å². The highest BCUT2D eigenvalue weighted by Crippen LogP contribution is 2.26. The summed E-state index contributed by atoms with van der Waals surface area (Å²) in [6.07, 6.45) is 3.37. The normalized spacial score (nSPS) is 10.2. The number of hydrogen-bond donors (Lipinski definition) is 1. The number of nitrogens with one attached hydrogen (secondary N) is 1. The molecule has 7 heteroatoms. The van der Waals surface area contributed by atoms with Crippen LogP contribution >= 0.6 is 27.3 Å². The monoisotopic (exact) mass is 327 g/mol. The molecule has 0 aromatic carbocycles. The van der Waals surface area contributed by atoms with E-state index in [1.54, 1.807) is 12.4 Å². The van der Waals surface area contributed by atoms with E-state index in [1.165, 1.54) is 18.4 Å². The van der Waals surface area contributed by atoms with Gasteiger partial charge >= 0.3 is 5.97 Å². The Labute approximate surface area is 116 Å². The number of aryl methyl sites for hydroxylation is 1. The average Bonchev–Trinajstić information content (AvgIpc) is 2.69. The molecular formula is C11H10BrN3O2S. The second kappa shape index (κ2) is 5.45.